The van der Waals surface area contributed by atoms with Gasteiger partial charge < -0.3 is 62.6 Å². The van der Waals surface area contributed by atoms with Gasteiger partial charge in [-0.05, 0) is 174 Å². The van der Waals surface area contributed by atoms with E-state index in [9.17, 15) is 0 Å². The fourth-order valence-corrected chi connectivity index (χ4v) is 9.31. The summed E-state index contributed by atoms with van der Waals surface area (Å²) in [5.74, 6) is 7.76. The minimum atomic E-state index is 0.317. The standard InChI is InChI=1S/C13H18ClN5.2C12H16ClN5.C12H17N5.C11H14ClN5.C11H15N5/c1-9(2)16-13-17-12(18-19-13)15-8-7-10-3-5-11(14)6-4-10;1-18(2)12-15-11(16-17-12)14-8-7-9-3-5-10(13)6-4-9;1-8(2)15-12-16-11(17-18-12)14-7-9-3-5-10(13)6-4-9;1-8(2)13-11-15-12(17-16-11)14-10-6-4-5-9(3)7-10;1-17(2)11-14-10(15-16-11)13-7-8-3-5-9(12)6-4-8;1-8-5-4-6-9(7-8)12-10-13-11(15-14-10)16(2)3/h3-6,9H,7-8H2,1-2H3,(H3,15,16,17,18,19);3-6H,7-8H2,1-2H3,(H2,14,15,16,17);3-6,8H,7H2,1-2H3,(H3,14,15,16,17,18);4-8H,1-3H3,(H3,13,14,15,16,17);3-6H,7H2,1-2H3,(H2,13,14,15,16);4-7H,1-3H3,(H2,12,13,14,15). The molecule has 105 heavy (non-hydrogen) atoms. The number of hydrogen-bond donors (Lipinski definition) is 15. The number of nitrogens with zero attached hydrogens (tertiary/aromatic N) is 15. The molecule has 0 radical (unpaired) electrons. The third kappa shape index (κ3) is 31.2. The van der Waals surface area contributed by atoms with Crippen LogP contribution in [0.1, 0.15) is 74.9 Å². The van der Waals surface area contributed by atoms with E-state index in [0.29, 0.717) is 103 Å². The minimum Gasteiger partial charge on any atom is -0.354 e. The van der Waals surface area contributed by atoms with Crippen molar-refractivity contribution in [2.75, 3.05) is 118 Å². The maximum Gasteiger partial charge on any atom is 0.245 e. The largest absolute Gasteiger partial charge is 0.354 e. The van der Waals surface area contributed by atoms with Crippen molar-refractivity contribution >= 4 is 129 Å². The van der Waals surface area contributed by atoms with Crippen molar-refractivity contribution in [1.82, 2.24) is 91.1 Å². The number of aromatic amines is 6. The normalized spacial score (nSPS) is 10.5. The summed E-state index contributed by atoms with van der Waals surface area (Å²) in [6.45, 7) is 19.3. The van der Waals surface area contributed by atoms with Crippen LogP contribution in [0.25, 0.3) is 0 Å². The molecule has 0 fully saturated rings. The summed E-state index contributed by atoms with van der Waals surface area (Å²) in [5.41, 5.74) is 9.14. The van der Waals surface area contributed by atoms with Crippen LogP contribution < -0.4 is 62.6 Å². The summed E-state index contributed by atoms with van der Waals surface area (Å²) in [7, 11) is 11.4. The molecule has 0 aliphatic carbocycles. The Morgan fingerprint density at radius 3 is 1.06 bits per heavy atom. The van der Waals surface area contributed by atoms with Crippen LogP contribution in [0.5, 0.6) is 0 Å². The first-order chi connectivity index (χ1) is 50.3. The van der Waals surface area contributed by atoms with E-state index < -0.39 is 0 Å². The maximum atomic E-state index is 5.84. The highest BCUT2D eigenvalue weighted by molar-refractivity contribution is 6.31. The molecular formula is C71H96Cl4N30. The minimum absolute atomic E-state index is 0.317. The number of anilines is 14. The number of aromatic nitrogens is 18. The molecule has 558 valence electrons. The smallest absolute Gasteiger partial charge is 0.245 e. The molecule has 12 aromatic rings. The van der Waals surface area contributed by atoms with E-state index in [1.807, 2.05) is 206 Å². The number of H-pyrrole nitrogens is 6. The lowest BCUT2D eigenvalue weighted by Gasteiger charge is -2.04. The van der Waals surface area contributed by atoms with Crippen LogP contribution in [0.15, 0.2) is 146 Å². The zero-order valence-electron chi connectivity index (χ0n) is 61.6. The van der Waals surface area contributed by atoms with Crippen LogP contribution >= 0.6 is 46.4 Å². The van der Waals surface area contributed by atoms with Crippen molar-refractivity contribution in [1.29, 1.82) is 0 Å². The van der Waals surface area contributed by atoms with Crippen molar-refractivity contribution in [2.45, 2.75) is 99.4 Å². The van der Waals surface area contributed by atoms with E-state index in [1.54, 1.807) is 0 Å². The molecule has 6 aromatic carbocycles. The summed E-state index contributed by atoms with van der Waals surface area (Å²) in [6, 6.07) is 48.2. The Bertz CT molecular complexity index is 4370. The summed E-state index contributed by atoms with van der Waals surface area (Å²) in [5, 5.41) is 72.8. The van der Waals surface area contributed by atoms with Gasteiger partial charge in [0.05, 0.1) is 0 Å². The van der Waals surface area contributed by atoms with Gasteiger partial charge in [0.15, 0.2) is 0 Å². The second-order valence-corrected chi connectivity index (χ2v) is 26.9. The predicted molar refractivity (Wildman–Crippen MR) is 431 cm³/mol. The average molecular weight is 1510 g/mol. The fraction of sp³-hybridized carbons (Fsp3) is 0.324. The van der Waals surface area contributed by atoms with Crippen LogP contribution in [-0.4, -0.2) is 165 Å². The molecular weight excluding hydrogens is 1410 g/mol. The Kier molecular flexibility index (Phi) is 32.9. The number of nitrogens with one attached hydrogen (secondary N) is 15. The van der Waals surface area contributed by atoms with Gasteiger partial charge in [0, 0.05) is 118 Å². The van der Waals surface area contributed by atoms with Crippen LogP contribution in [-0.2, 0) is 25.9 Å². The van der Waals surface area contributed by atoms with Crippen LogP contribution in [0, 0.1) is 13.8 Å². The summed E-state index contributed by atoms with van der Waals surface area (Å²) in [6.07, 6.45) is 1.81. The fourth-order valence-electron chi connectivity index (χ4n) is 8.81. The van der Waals surface area contributed by atoms with E-state index in [2.05, 4.69) is 191 Å². The van der Waals surface area contributed by atoms with Crippen LogP contribution in [0.2, 0.25) is 20.1 Å². The Hall–Kier alpha value is -11.1. The second-order valence-electron chi connectivity index (χ2n) is 25.1. The zero-order valence-corrected chi connectivity index (χ0v) is 64.6. The molecule has 0 spiro atoms. The Balaban J connectivity index is 0.000000176. The average Bonchev–Trinajstić information content (AvgIpc) is 1.94. The van der Waals surface area contributed by atoms with Gasteiger partial charge >= 0.3 is 0 Å². The summed E-state index contributed by atoms with van der Waals surface area (Å²) < 4.78 is 0. The molecule has 0 unspecified atom stereocenters. The van der Waals surface area contributed by atoms with Crippen LogP contribution in [0.4, 0.5) is 82.8 Å². The number of halogens is 4. The first kappa shape index (κ1) is 81.2. The Morgan fingerprint density at radius 1 is 0.333 bits per heavy atom. The molecule has 0 amide bonds. The van der Waals surface area contributed by atoms with Gasteiger partial charge in [-0.2, -0.15) is 29.9 Å². The molecule has 12 rings (SSSR count). The lowest BCUT2D eigenvalue weighted by atomic mass is 10.1. The molecule has 6 heterocycles. The quantitative estimate of drug-likeness (QED) is 0.0227. The van der Waals surface area contributed by atoms with Gasteiger partial charge in [0.1, 0.15) is 0 Å². The van der Waals surface area contributed by atoms with Crippen molar-refractivity contribution in [3.63, 3.8) is 0 Å². The van der Waals surface area contributed by atoms with Gasteiger partial charge in [-0.15, -0.1) is 30.6 Å². The number of aryl methyl sites for hydroxylation is 2. The molecule has 6 aromatic heterocycles. The molecule has 0 atom stereocenters. The van der Waals surface area contributed by atoms with Crippen LogP contribution in [0.3, 0.4) is 0 Å². The molecule has 0 aliphatic rings. The van der Waals surface area contributed by atoms with E-state index >= 15 is 0 Å². The van der Waals surface area contributed by atoms with Gasteiger partial charge in [-0.3, -0.25) is 0 Å². The maximum absolute atomic E-state index is 5.84. The molecule has 0 saturated carbocycles. The molecule has 0 saturated heterocycles. The third-order valence-electron chi connectivity index (χ3n) is 13.9. The van der Waals surface area contributed by atoms with Gasteiger partial charge in [-0.25, -0.2) is 30.6 Å². The highest BCUT2D eigenvalue weighted by Crippen LogP contribution is 2.20. The van der Waals surface area contributed by atoms with E-state index in [4.69, 9.17) is 46.4 Å². The summed E-state index contributed by atoms with van der Waals surface area (Å²) >= 11 is 23.3. The Labute approximate surface area is 633 Å². The van der Waals surface area contributed by atoms with Crippen molar-refractivity contribution < 1.29 is 0 Å². The van der Waals surface area contributed by atoms with E-state index in [0.717, 1.165) is 68.5 Å². The molecule has 0 bridgehead atoms. The van der Waals surface area contributed by atoms with Gasteiger partial charge in [-0.1, -0.05) is 119 Å². The first-order valence-corrected chi connectivity index (χ1v) is 35.3. The van der Waals surface area contributed by atoms with E-state index in [-0.39, 0.29) is 0 Å². The summed E-state index contributed by atoms with van der Waals surface area (Å²) in [4.78, 5) is 31.2. The van der Waals surface area contributed by atoms with Gasteiger partial charge in [0.25, 0.3) is 0 Å². The topological polar surface area (TPSA) is 367 Å². The lowest BCUT2D eigenvalue weighted by molar-refractivity contribution is 0.876. The van der Waals surface area contributed by atoms with Gasteiger partial charge in [0.2, 0.25) is 71.4 Å². The van der Waals surface area contributed by atoms with Crippen molar-refractivity contribution in [3.05, 3.63) is 199 Å². The Morgan fingerprint density at radius 2 is 0.657 bits per heavy atom. The van der Waals surface area contributed by atoms with Crippen molar-refractivity contribution in [2.24, 2.45) is 0 Å². The molecule has 30 nitrogen and oxygen atoms in total. The zero-order chi connectivity index (χ0) is 75.6. The highest BCUT2D eigenvalue weighted by Gasteiger charge is 2.10. The SMILES string of the molecule is CC(C)Nc1nc(NCCc2ccc(Cl)cc2)n[nH]1.CC(C)Nc1nc(NCc2ccc(Cl)cc2)n[nH]1.CN(C)c1n[nH]c(NCCc2ccc(Cl)cc2)n1.CN(C)c1n[nH]c(NCc2ccc(Cl)cc2)n1.Cc1cccc(Nc2nc(N(C)C)n[nH]2)c1.Cc1cccc(Nc2nc(NC(C)C)n[nH]2)c1. The molecule has 0 aliphatic heterocycles. The number of hydrogen-bond acceptors (Lipinski definition) is 24. The molecule has 34 heteroatoms. The lowest BCUT2D eigenvalue weighted by Crippen LogP contribution is -2.11. The highest BCUT2D eigenvalue weighted by atomic mass is 35.5. The monoisotopic (exact) mass is 1510 g/mol. The second kappa shape index (κ2) is 42.5. The van der Waals surface area contributed by atoms with E-state index in [1.165, 1.54) is 22.3 Å². The predicted octanol–water partition coefficient (Wildman–Crippen LogP) is 14.7. The number of rotatable bonds is 27. The number of benzene rings is 6. The molecule has 15 N–H and O–H groups in total. The van der Waals surface area contributed by atoms with Crippen molar-refractivity contribution in [3.8, 4) is 0 Å². The first-order valence-electron chi connectivity index (χ1n) is 33.8. The third-order valence-corrected chi connectivity index (χ3v) is 14.9.